The third-order valence-corrected chi connectivity index (χ3v) is 4.40. The number of halogens is 2. The summed E-state index contributed by atoms with van der Waals surface area (Å²) >= 11 is 0.403. The van der Waals surface area contributed by atoms with Crippen LogP contribution in [0.4, 0.5) is 14.5 Å². The zero-order valence-electron chi connectivity index (χ0n) is 15.6. The molecule has 0 aliphatic rings. The SMILES string of the molecule is CC(=O)NC(CC(=O)OCC(=O)Nc1ccc(SC(F)F)cc1)c1ccccc1. The lowest BCUT2D eigenvalue weighted by Gasteiger charge is -2.17. The Labute approximate surface area is 171 Å². The normalized spacial score (nSPS) is 11.6. The molecule has 0 saturated heterocycles. The molecule has 0 aliphatic heterocycles. The number of amides is 2. The van der Waals surface area contributed by atoms with Crippen LogP contribution in [0.2, 0.25) is 0 Å². The molecule has 0 radical (unpaired) electrons. The molecule has 29 heavy (non-hydrogen) atoms. The Morgan fingerprint density at radius 1 is 1.03 bits per heavy atom. The van der Waals surface area contributed by atoms with E-state index < -0.39 is 30.3 Å². The fourth-order valence-electron chi connectivity index (χ4n) is 2.47. The number of hydrogen-bond donors (Lipinski definition) is 2. The van der Waals surface area contributed by atoms with Gasteiger partial charge in [-0.15, -0.1) is 0 Å². The quantitative estimate of drug-likeness (QED) is 0.475. The van der Waals surface area contributed by atoms with Crippen molar-refractivity contribution in [1.29, 1.82) is 0 Å². The number of carbonyl (C=O) groups is 3. The molecule has 2 N–H and O–H groups in total. The fourth-order valence-corrected chi connectivity index (χ4v) is 2.97. The van der Waals surface area contributed by atoms with Gasteiger partial charge in [-0.1, -0.05) is 42.1 Å². The third-order valence-electron chi connectivity index (χ3n) is 3.68. The topological polar surface area (TPSA) is 84.5 Å². The molecule has 2 aromatic carbocycles. The van der Waals surface area contributed by atoms with Crippen molar-refractivity contribution in [2.45, 2.75) is 30.0 Å². The molecule has 0 bridgehead atoms. The number of carbonyl (C=O) groups excluding carboxylic acids is 3. The number of rotatable bonds is 9. The summed E-state index contributed by atoms with van der Waals surface area (Å²) in [6.07, 6.45) is -0.129. The molecule has 0 heterocycles. The number of thioether (sulfide) groups is 1. The second-order valence-electron chi connectivity index (χ2n) is 5.98. The van der Waals surface area contributed by atoms with Crippen LogP contribution in [0.5, 0.6) is 0 Å². The van der Waals surface area contributed by atoms with Crippen LogP contribution < -0.4 is 10.6 Å². The summed E-state index contributed by atoms with van der Waals surface area (Å²) < 4.78 is 29.6. The van der Waals surface area contributed by atoms with Crippen LogP contribution in [-0.2, 0) is 19.1 Å². The van der Waals surface area contributed by atoms with E-state index >= 15 is 0 Å². The molecule has 0 fully saturated rings. The maximum absolute atomic E-state index is 12.3. The predicted octanol–water partition coefficient (Wildman–Crippen LogP) is 3.75. The lowest BCUT2D eigenvalue weighted by atomic mass is 10.0. The van der Waals surface area contributed by atoms with Crippen molar-refractivity contribution in [1.82, 2.24) is 5.32 Å². The van der Waals surface area contributed by atoms with Crippen LogP contribution in [0.1, 0.15) is 24.9 Å². The predicted molar refractivity (Wildman–Crippen MR) is 106 cm³/mol. The van der Waals surface area contributed by atoms with E-state index in [9.17, 15) is 23.2 Å². The molecule has 0 saturated carbocycles. The number of esters is 1. The highest BCUT2D eigenvalue weighted by Crippen LogP contribution is 2.26. The van der Waals surface area contributed by atoms with Crippen molar-refractivity contribution in [3.05, 3.63) is 60.2 Å². The molecule has 0 aliphatic carbocycles. The Morgan fingerprint density at radius 3 is 2.28 bits per heavy atom. The Balaban J connectivity index is 1.84. The largest absolute Gasteiger partial charge is 0.455 e. The summed E-state index contributed by atoms with van der Waals surface area (Å²) in [5.41, 5.74) is 1.14. The van der Waals surface area contributed by atoms with E-state index in [0.717, 1.165) is 5.56 Å². The average molecular weight is 422 g/mol. The fraction of sp³-hybridized carbons (Fsp3) is 0.250. The van der Waals surface area contributed by atoms with Crippen LogP contribution in [0.25, 0.3) is 0 Å². The highest BCUT2D eigenvalue weighted by Gasteiger charge is 2.18. The number of anilines is 1. The minimum absolute atomic E-state index is 0.129. The number of ether oxygens (including phenoxy) is 1. The van der Waals surface area contributed by atoms with Gasteiger partial charge in [0.25, 0.3) is 11.7 Å². The summed E-state index contributed by atoms with van der Waals surface area (Å²) in [4.78, 5) is 35.8. The van der Waals surface area contributed by atoms with Crippen molar-refractivity contribution < 1.29 is 27.9 Å². The van der Waals surface area contributed by atoms with Gasteiger partial charge < -0.3 is 15.4 Å². The highest BCUT2D eigenvalue weighted by atomic mass is 32.2. The number of nitrogens with one attached hydrogen (secondary N) is 2. The number of benzene rings is 2. The molecule has 154 valence electrons. The van der Waals surface area contributed by atoms with Gasteiger partial charge in [-0.05, 0) is 29.8 Å². The molecular weight excluding hydrogens is 402 g/mol. The highest BCUT2D eigenvalue weighted by molar-refractivity contribution is 7.99. The Hall–Kier alpha value is -2.94. The molecule has 1 atom stereocenters. The summed E-state index contributed by atoms with van der Waals surface area (Å²) in [6.45, 7) is 0.841. The first-order valence-corrected chi connectivity index (χ1v) is 9.54. The summed E-state index contributed by atoms with van der Waals surface area (Å²) in [6, 6.07) is 14.2. The lowest BCUT2D eigenvalue weighted by Crippen LogP contribution is -2.29. The number of alkyl halides is 2. The molecule has 2 amide bonds. The van der Waals surface area contributed by atoms with E-state index in [1.807, 2.05) is 6.07 Å². The van der Waals surface area contributed by atoms with Gasteiger partial charge in [0.05, 0.1) is 12.5 Å². The second-order valence-corrected chi connectivity index (χ2v) is 7.04. The Kier molecular flexibility index (Phi) is 8.60. The van der Waals surface area contributed by atoms with E-state index in [2.05, 4.69) is 10.6 Å². The van der Waals surface area contributed by atoms with E-state index in [1.54, 1.807) is 24.3 Å². The van der Waals surface area contributed by atoms with Crippen molar-refractivity contribution in [2.75, 3.05) is 11.9 Å². The molecule has 2 aromatic rings. The molecule has 0 aromatic heterocycles. The first-order chi connectivity index (χ1) is 13.8. The Morgan fingerprint density at radius 2 is 1.69 bits per heavy atom. The molecule has 0 spiro atoms. The average Bonchev–Trinajstić information content (AvgIpc) is 2.67. The third kappa shape index (κ3) is 8.30. The summed E-state index contributed by atoms with van der Waals surface area (Å²) in [5, 5.41) is 5.19. The first-order valence-electron chi connectivity index (χ1n) is 8.66. The summed E-state index contributed by atoms with van der Waals surface area (Å²) in [5.74, 6) is -4.03. The molecule has 6 nitrogen and oxygen atoms in total. The second kappa shape index (κ2) is 11.2. The smallest absolute Gasteiger partial charge is 0.308 e. The van der Waals surface area contributed by atoms with Crippen molar-refractivity contribution in [3.8, 4) is 0 Å². The minimum atomic E-state index is -2.52. The van der Waals surface area contributed by atoms with Gasteiger partial charge in [0.1, 0.15) is 0 Å². The van der Waals surface area contributed by atoms with Crippen LogP contribution in [0.3, 0.4) is 0 Å². The summed E-state index contributed by atoms with van der Waals surface area (Å²) in [7, 11) is 0. The molecular formula is C20H20F2N2O4S. The zero-order chi connectivity index (χ0) is 21.2. The van der Waals surface area contributed by atoms with Gasteiger partial charge in [0.2, 0.25) is 5.91 Å². The van der Waals surface area contributed by atoms with Crippen molar-refractivity contribution in [3.63, 3.8) is 0 Å². The first kappa shape index (κ1) is 22.4. The standard InChI is InChI=1S/C20H20F2N2O4S/c1-13(25)23-17(14-5-3-2-4-6-14)11-19(27)28-12-18(26)24-15-7-9-16(10-8-15)29-20(21)22/h2-10,17,20H,11-12H2,1H3,(H,23,25)(H,24,26). The zero-order valence-corrected chi connectivity index (χ0v) is 16.4. The maximum Gasteiger partial charge on any atom is 0.308 e. The van der Waals surface area contributed by atoms with E-state index in [4.69, 9.17) is 4.74 Å². The minimum Gasteiger partial charge on any atom is -0.455 e. The van der Waals surface area contributed by atoms with Crippen LogP contribution in [0.15, 0.2) is 59.5 Å². The van der Waals surface area contributed by atoms with Gasteiger partial charge in [0, 0.05) is 17.5 Å². The van der Waals surface area contributed by atoms with Crippen molar-refractivity contribution >= 4 is 35.2 Å². The van der Waals surface area contributed by atoms with Gasteiger partial charge in [0.15, 0.2) is 6.61 Å². The van der Waals surface area contributed by atoms with Gasteiger partial charge in [-0.25, -0.2) is 0 Å². The van der Waals surface area contributed by atoms with Gasteiger partial charge in [-0.3, -0.25) is 14.4 Å². The van der Waals surface area contributed by atoms with Crippen LogP contribution in [-0.4, -0.2) is 30.1 Å². The van der Waals surface area contributed by atoms with Crippen LogP contribution in [0, 0.1) is 0 Å². The van der Waals surface area contributed by atoms with E-state index in [-0.39, 0.29) is 12.3 Å². The molecule has 2 rings (SSSR count). The van der Waals surface area contributed by atoms with E-state index in [0.29, 0.717) is 22.3 Å². The van der Waals surface area contributed by atoms with Gasteiger partial charge >= 0.3 is 5.97 Å². The van der Waals surface area contributed by atoms with Gasteiger partial charge in [-0.2, -0.15) is 8.78 Å². The van der Waals surface area contributed by atoms with Crippen molar-refractivity contribution in [2.24, 2.45) is 0 Å². The maximum atomic E-state index is 12.3. The Bertz CT molecular complexity index is 832. The monoisotopic (exact) mass is 422 g/mol. The lowest BCUT2D eigenvalue weighted by molar-refractivity contribution is -0.148. The molecule has 1 unspecified atom stereocenters. The van der Waals surface area contributed by atoms with E-state index in [1.165, 1.54) is 31.2 Å². The molecule has 9 heteroatoms. The number of hydrogen-bond acceptors (Lipinski definition) is 5. The van der Waals surface area contributed by atoms with Crippen LogP contribution >= 0.6 is 11.8 Å².